The minimum atomic E-state index is 0.621. The predicted molar refractivity (Wildman–Crippen MR) is 121 cm³/mol. The smallest absolute Gasteiger partial charge is 0.191 e. The summed E-state index contributed by atoms with van der Waals surface area (Å²) >= 11 is 0. The summed E-state index contributed by atoms with van der Waals surface area (Å²) < 4.78 is 10.8. The van der Waals surface area contributed by atoms with E-state index in [2.05, 4.69) is 32.7 Å². The lowest BCUT2D eigenvalue weighted by Crippen LogP contribution is -2.40. The van der Waals surface area contributed by atoms with Crippen molar-refractivity contribution in [2.75, 3.05) is 50.8 Å². The van der Waals surface area contributed by atoms with Gasteiger partial charge in [-0.3, -0.25) is 9.98 Å². The molecule has 3 heterocycles. The molecule has 0 unspecified atom stereocenters. The summed E-state index contributed by atoms with van der Waals surface area (Å²) in [6.45, 7) is 8.22. The van der Waals surface area contributed by atoms with Crippen molar-refractivity contribution < 1.29 is 9.15 Å². The molecule has 0 bridgehead atoms. The molecule has 1 fully saturated rings. The maximum Gasteiger partial charge on any atom is 0.191 e. The number of hydrogen-bond donors (Lipinski definition) is 2. The number of aromatic nitrogens is 1. The Bertz CT molecular complexity index is 712. The number of furan rings is 1. The second-order valence-corrected chi connectivity index (χ2v) is 7.56. The normalized spacial score (nSPS) is 15.4. The maximum atomic E-state index is 5.43. The van der Waals surface area contributed by atoms with Crippen LogP contribution in [0.3, 0.4) is 0 Å². The molecule has 7 heteroatoms. The van der Waals surface area contributed by atoms with Crippen LogP contribution in [-0.2, 0) is 11.2 Å². The highest BCUT2D eigenvalue weighted by Crippen LogP contribution is 2.22. The molecule has 0 aliphatic carbocycles. The van der Waals surface area contributed by atoms with Crippen LogP contribution in [-0.4, -0.2) is 56.9 Å². The standard InChI is InChI=1S/C23H35N5O2/c1-2-29-17-4-11-25-23(26-14-8-22-5-3-18-30-22)27-19-20-9-15-28(16-10-20)21-6-12-24-13-7-21/h3,5-7,12-13,18,20H,2,4,8-11,14-17,19H2,1H3,(H2,25,26,27). The number of piperidine rings is 1. The number of aliphatic imine (C=N–C) groups is 1. The first-order valence-electron chi connectivity index (χ1n) is 11.1. The molecule has 2 N–H and O–H groups in total. The Balaban J connectivity index is 1.44. The molecule has 1 aliphatic rings. The van der Waals surface area contributed by atoms with Crippen molar-refractivity contribution in [2.24, 2.45) is 10.9 Å². The maximum absolute atomic E-state index is 5.43. The largest absolute Gasteiger partial charge is 0.469 e. The minimum absolute atomic E-state index is 0.621. The summed E-state index contributed by atoms with van der Waals surface area (Å²) in [5.74, 6) is 2.49. The summed E-state index contributed by atoms with van der Waals surface area (Å²) in [6, 6.07) is 8.11. The molecular weight excluding hydrogens is 378 g/mol. The first kappa shape index (κ1) is 22.2. The lowest BCUT2D eigenvalue weighted by Gasteiger charge is -2.33. The summed E-state index contributed by atoms with van der Waals surface area (Å²) in [4.78, 5) is 11.4. The van der Waals surface area contributed by atoms with Crippen molar-refractivity contribution in [3.05, 3.63) is 48.7 Å². The molecule has 164 valence electrons. The highest BCUT2D eigenvalue weighted by atomic mass is 16.5. The first-order valence-corrected chi connectivity index (χ1v) is 11.1. The molecule has 7 nitrogen and oxygen atoms in total. The highest BCUT2D eigenvalue weighted by Gasteiger charge is 2.19. The zero-order valence-electron chi connectivity index (χ0n) is 18.1. The second kappa shape index (κ2) is 12.9. The first-order chi connectivity index (χ1) is 14.8. The average molecular weight is 414 g/mol. The third kappa shape index (κ3) is 7.71. The number of hydrogen-bond acceptors (Lipinski definition) is 5. The van der Waals surface area contributed by atoms with E-state index in [4.69, 9.17) is 14.1 Å². The van der Waals surface area contributed by atoms with Gasteiger partial charge in [0.1, 0.15) is 5.76 Å². The second-order valence-electron chi connectivity index (χ2n) is 7.56. The van der Waals surface area contributed by atoms with E-state index in [1.807, 2.05) is 31.5 Å². The molecule has 0 radical (unpaired) electrons. The molecule has 1 aliphatic heterocycles. The fourth-order valence-electron chi connectivity index (χ4n) is 3.61. The van der Waals surface area contributed by atoms with Gasteiger partial charge in [-0.15, -0.1) is 0 Å². The van der Waals surface area contributed by atoms with Crippen LogP contribution in [0.2, 0.25) is 0 Å². The van der Waals surface area contributed by atoms with E-state index in [1.54, 1.807) is 6.26 Å². The molecule has 2 aromatic heterocycles. The molecule has 0 spiro atoms. The fraction of sp³-hybridized carbons (Fsp3) is 0.565. The Morgan fingerprint density at radius 3 is 2.73 bits per heavy atom. The number of ether oxygens (including phenoxy) is 1. The Labute approximate surface area is 179 Å². The van der Waals surface area contributed by atoms with E-state index < -0.39 is 0 Å². The quantitative estimate of drug-likeness (QED) is 0.335. The lowest BCUT2D eigenvalue weighted by atomic mass is 9.97. The van der Waals surface area contributed by atoms with Crippen molar-refractivity contribution in [3.63, 3.8) is 0 Å². The Morgan fingerprint density at radius 2 is 2.00 bits per heavy atom. The number of pyridine rings is 1. The molecule has 0 aromatic carbocycles. The zero-order chi connectivity index (χ0) is 20.9. The van der Waals surface area contributed by atoms with Crippen molar-refractivity contribution >= 4 is 11.6 Å². The van der Waals surface area contributed by atoms with Crippen LogP contribution < -0.4 is 15.5 Å². The fourth-order valence-corrected chi connectivity index (χ4v) is 3.61. The van der Waals surface area contributed by atoms with Gasteiger partial charge >= 0.3 is 0 Å². The molecular formula is C23H35N5O2. The third-order valence-corrected chi connectivity index (χ3v) is 5.36. The Hall–Kier alpha value is -2.54. The molecule has 30 heavy (non-hydrogen) atoms. The summed E-state index contributed by atoms with van der Waals surface area (Å²) in [5.41, 5.74) is 1.27. The average Bonchev–Trinajstić information content (AvgIpc) is 3.31. The van der Waals surface area contributed by atoms with E-state index in [-0.39, 0.29) is 0 Å². The molecule has 1 saturated heterocycles. The lowest BCUT2D eigenvalue weighted by molar-refractivity contribution is 0.145. The van der Waals surface area contributed by atoms with Gasteiger partial charge in [0, 0.05) is 70.4 Å². The van der Waals surface area contributed by atoms with Gasteiger partial charge < -0.3 is 24.7 Å². The van der Waals surface area contributed by atoms with Crippen molar-refractivity contribution in [1.29, 1.82) is 0 Å². The minimum Gasteiger partial charge on any atom is -0.469 e. The van der Waals surface area contributed by atoms with Gasteiger partial charge in [0.05, 0.1) is 6.26 Å². The number of guanidine groups is 1. The molecule has 3 rings (SSSR count). The summed E-state index contributed by atoms with van der Waals surface area (Å²) in [7, 11) is 0. The molecule has 0 saturated carbocycles. The SMILES string of the molecule is CCOCCCNC(=NCC1CCN(c2ccncc2)CC1)NCCc1ccco1. The van der Waals surface area contributed by atoms with E-state index in [1.165, 1.54) is 5.69 Å². The summed E-state index contributed by atoms with van der Waals surface area (Å²) in [6.07, 6.45) is 9.58. The van der Waals surface area contributed by atoms with Crippen LogP contribution >= 0.6 is 0 Å². The van der Waals surface area contributed by atoms with E-state index in [0.29, 0.717) is 5.92 Å². The Morgan fingerprint density at radius 1 is 1.20 bits per heavy atom. The molecule has 2 aromatic rings. The van der Waals surface area contributed by atoms with E-state index >= 15 is 0 Å². The van der Waals surface area contributed by atoms with Gasteiger partial charge in [-0.2, -0.15) is 0 Å². The highest BCUT2D eigenvalue weighted by molar-refractivity contribution is 5.79. The van der Waals surface area contributed by atoms with Gasteiger partial charge in [0.2, 0.25) is 0 Å². The monoisotopic (exact) mass is 413 g/mol. The van der Waals surface area contributed by atoms with E-state index in [9.17, 15) is 0 Å². The van der Waals surface area contributed by atoms with Crippen LogP contribution in [0, 0.1) is 5.92 Å². The van der Waals surface area contributed by atoms with E-state index in [0.717, 1.165) is 83.3 Å². The van der Waals surface area contributed by atoms with Crippen LogP contribution in [0.5, 0.6) is 0 Å². The van der Waals surface area contributed by atoms with Gasteiger partial charge in [-0.1, -0.05) is 0 Å². The topological polar surface area (TPSA) is 74.9 Å². The van der Waals surface area contributed by atoms with Crippen LogP contribution in [0.25, 0.3) is 0 Å². The number of anilines is 1. The predicted octanol–water partition coefficient (Wildman–Crippen LogP) is 3.10. The third-order valence-electron chi connectivity index (χ3n) is 5.36. The van der Waals surface area contributed by atoms with Crippen LogP contribution in [0.4, 0.5) is 5.69 Å². The van der Waals surface area contributed by atoms with Gasteiger partial charge in [-0.25, -0.2) is 0 Å². The van der Waals surface area contributed by atoms with Crippen LogP contribution in [0.15, 0.2) is 52.3 Å². The Kier molecular flexibility index (Phi) is 9.53. The number of nitrogens with one attached hydrogen (secondary N) is 2. The van der Waals surface area contributed by atoms with Crippen molar-refractivity contribution in [1.82, 2.24) is 15.6 Å². The van der Waals surface area contributed by atoms with Crippen molar-refractivity contribution in [2.45, 2.75) is 32.6 Å². The molecule has 0 atom stereocenters. The van der Waals surface area contributed by atoms with Crippen LogP contribution in [0.1, 0.15) is 31.9 Å². The summed E-state index contributed by atoms with van der Waals surface area (Å²) in [5, 5.41) is 6.89. The van der Waals surface area contributed by atoms with Gasteiger partial charge in [-0.05, 0) is 56.4 Å². The zero-order valence-corrected chi connectivity index (χ0v) is 18.1. The molecule has 0 amide bonds. The number of rotatable bonds is 11. The van der Waals surface area contributed by atoms with Gasteiger partial charge in [0.15, 0.2) is 5.96 Å². The number of nitrogens with zero attached hydrogens (tertiary/aromatic N) is 3. The van der Waals surface area contributed by atoms with Crippen molar-refractivity contribution in [3.8, 4) is 0 Å². The van der Waals surface area contributed by atoms with Gasteiger partial charge in [0.25, 0.3) is 0 Å².